The molecule has 2 rings (SSSR count). The second-order valence-electron chi connectivity index (χ2n) is 2.60. The Bertz CT molecular complexity index is 588. The molecule has 74 valence electrons. The summed E-state index contributed by atoms with van der Waals surface area (Å²) in [5.74, 6) is 0. The number of nitrogens with zero attached hydrogens (tertiary/aromatic N) is 3. The van der Waals surface area contributed by atoms with E-state index in [1.54, 1.807) is 0 Å². The van der Waals surface area contributed by atoms with E-state index >= 15 is 0 Å². The smallest absolute Gasteiger partial charge is 0.294 e. The van der Waals surface area contributed by atoms with Crippen LogP contribution in [0.4, 0.5) is 0 Å². The molecule has 0 atom stereocenters. The number of aromatic nitrogens is 3. The van der Waals surface area contributed by atoms with Crippen molar-refractivity contribution in [2.75, 3.05) is 0 Å². The van der Waals surface area contributed by atoms with Gasteiger partial charge in [0.2, 0.25) is 0 Å². The minimum atomic E-state index is -4.27. The van der Waals surface area contributed by atoms with Gasteiger partial charge in [-0.05, 0) is 23.4 Å². The minimum Gasteiger partial charge on any atom is -0.410 e. The zero-order valence-electron chi connectivity index (χ0n) is 6.69. The average molecular weight is 215 g/mol. The van der Waals surface area contributed by atoms with E-state index < -0.39 is 10.1 Å². The molecule has 0 aliphatic rings. The number of rotatable bonds is 1. The van der Waals surface area contributed by atoms with Gasteiger partial charge in [0.25, 0.3) is 10.1 Å². The van der Waals surface area contributed by atoms with Crippen molar-refractivity contribution in [3.63, 3.8) is 0 Å². The van der Waals surface area contributed by atoms with Crippen molar-refractivity contribution in [1.29, 1.82) is 0 Å². The molecule has 2 N–H and O–H groups in total. The molecule has 1 heterocycles. The summed E-state index contributed by atoms with van der Waals surface area (Å²) in [7, 11) is -4.27. The third kappa shape index (κ3) is 1.30. The van der Waals surface area contributed by atoms with Gasteiger partial charge in [0.1, 0.15) is 11.0 Å². The largest absolute Gasteiger partial charge is 0.410 e. The zero-order chi connectivity index (χ0) is 10.3. The van der Waals surface area contributed by atoms with Crippen LogP contribution in [-0.2, 0) is 10.1 Å². The van der Waals surface area contributed by atoms with E-state index in [1.807, 2.05) is 0 Å². The van der Waals surface area contributed by atoms with Gasteiger partial charge in [-0.25, -0.2) is 0 Å². The Labute approximate surface area is 78.3 Å². The highest BCUT2D eigenvalue weighted by Gasteiger charge is 2.12. The molecule has 0 aliphatic heterocycles. The lowest BCUT2D eigenvalue weighted by atomic mass is 10.3. The van der Waals surface area contributed by atoms with Crippen LogP contribution in [0.1, 0.15) is 0 Å². The van der Waals surface area contributed by atoms with Gasteiger partial charge in [-0.2, -0.15) is 8.42 Å². The molecule has 0 saturated heterocycles. The average Bonchev–Trinajstić information content (AvgIpc) is 2.46. The van der Waals surface area contributed by atoms with Crippen molar-refractivity contribution in [3.05, 3.63) is 18.2 Å². The van der Waals surface area contributed by atoms with Crippen molar-refractivity contribution in [1.82, 2.24) is 15.2 Å². The van der Waals surface area contributed by atoms with Gasteiger partial charge in [-0.1, -0.05) is 4.85 Å². The SMILES string of the molecule is O=S(=O)(O)c1ccc2nnn(O)c2c1. The standard InChI is InChI=1S/C6H5N3O4S/c10-9-6-3-4(14(11,12)13)1-2-5(6)7-8-9/h1-3,10H,(H,11,12,13). The summed E-state index contributed by atoms with van der Waals surface area (Å²) in [6.45, 7) is 0. The fourth-order valence-corrected chi connectivity index (χ4v) is 1.55. The van der Waals surface area contributed by atoms with Gasteiger partial charge in [0, 0.05) is 0 Å². The Kier molecular flexibility index (Phi) is 1.69. The number of hydrogen-bond donors (Lipinski definition) is 2. The van der Waals surface area contributed by atoms with Crippen LogP contribution in [0.15, 0.2) is 23.1 Å². The maximum Gasteiger partial charge on any atom is 0.294 e. The van der Waals surface area contributed by atoms with E-state index in [2.05, 4.69) is 10.3 Å². The zero-order valence-corrected chi connectivity index (χ0v) is 7.51. The first-order valence-electron chi connectivity index (χ1n) is 3.51. The summed E-state index contributed by atoms with van der Waals surface area (Å²) in [5.41, 5.74) is 0.444. The van der Waals surface area contributed by atoms with E-state index in [0.717, 1.165) is 6.07 Å². The molecule has 0 unspecified atom stereocenters. The van der Waals surface area contributed by atoms with Crippen molar-refractivity contribution < 1.29 is 18.2 Å². The molecular formula is C6H5N3O4S. The number of hydrogen-bond acceptors (Lipinski definition) is 5. The first-order chi connectivity index (χ1) is 6.48. The monoisotopic (exact) mass is 215 g/mol. The van der Waals surface area contributed by atoms with Crippen molar-refractivity contribution >= 4 is 21.2 Å². The molecule has 7 nitrogen and oxygen atoms in total. The lowest BCUT2D eigenvalue weighted by molar-refractivity contribution is 0.154. The van der Waals surface area contributed by atoms with Gasteiger partial charge >= 0.3 is 0 Å². The van der Waals surface area contributed by atoms with Crippen LogP contribution in [-0.4, -0.2) is 33.3 Å². The van der Waals surface area contributed by atoms with E-state index in [9.17, 15) is 8.42 Å². The molecule has 0 spiro atoms. The van der Waals surface area contributed by atoms with Crippen LogP contribution in [0.2, 0.25) is 0 Å². The molecule has 8 heteroatoms. The Morgan fingerprint density at radius 2 is 2.07 bits per heavy atom. The van der Waals surface area contributed by atoms with E-state index in [0.29, 0.717) is 10.4 Å². The summed E-state index contributed by atoms with van der Waals surface area (Å²) >= 11 is 0. The summed E-state index contributed by atoms with van der Waals surface area (Å²) in [6, 6.07) is 3.58. The maximum atomic E-state index is 10.7. The summed E-state index contributed by atoms with van der Waals surface area (Å²) in [5, 5.41) is 15.9. The molecule has 0 aliphatic carbocycles. The normalized spacial score (nSPS) is 12.1. The summed E-state index contributed by atoms with van der Waals surface area (Å²) in [6.07, 6.45) is 0. The lowest BCUT2D eigenvalue weighted by Crippen LogP contribution is -1.98. The van der Waals surface area contributed by atoms with Crippen molar-refractivity contribution in [2.24, 2.45) is 0 Å². The quantitative estimate of drug-likeness (QED) is 0.509. The highest BCUT2D eigenvalue weighted by atomic mass is 32.2. The third-order valence-electron chi connectivity index (χ3n) is 1.70. The van der Waals surface area contributed by atoms with Crippen molar-refractivity contribution in [2.45, 2.75) is 4.90 Å². The predicted octanol–water partition coefficient (Wildman–Crippen LogP) is -0.0847. The molecule has 1 aromatic heterocycles. The molecule has 0 amide bonds. The molecule has 0 fully saturated rings. The maximum absolute atomic E-state index is 10.7. The fourth-order valence-electron chi connectivity index (χ4n) is 1.05. The molecule has 2 aromatic rings. The predicted molar refractivity (Wildman–Crippen MR) is 44.5 cm³/mol. The van der Waals surface area contributed by atoms with Crippen LogP contribution >= 0.6 is 0 Å². The van der Waals surface area contributed by atoms with Gasteiger partial charge in [-0.3, -0.25) is 4.55 Å². The Morgan fingerprint density at radius 1 is 1.36 bits per heavy atom. The molecule has 0 bridgehead atoms. The topological polar surface area (TPSA) is 105 Å². The lowest BCUT2D eigenvalue weighted by Gasteiger charge is -1.95. The van der Waals surface area contributed by atoms with E-state index in [1.165, 1.54) is 12.1 Å². The minimum absolute atomic E-state index is 0.111. The Hall–Kier alpha value is -1.67. The molecular weight excluding hydrogens is 210 g/mol. The molecule has 0 saturated carbocycles. The van der Waals surface area contributed by atoms with Gasteiger partial charge in [0.15, 0.2) is 0 Å². The Balaban J connectivity index is 2.79. The Morgan fingerprint density at radius 3 is 2.71 bits per heavy atom. The van der Waals surface area contributed by atoms with Crippen LogP contribution < -0.4 is 0 Å². The summed E-state index contributed by atoms with van der Waals surface area (Å²) in [4.78, 5) is 0.118. The third-order valence-corrected chi connectivity index (χ3v) is 2.55. The van der Waals surface area contributed by atoms with Crippen molar-refractivity contribution in [3.8, 4) is 0 Å². The number of benzene rings is 1. The van der Waals surface area contributed by atoms with Crippen LogP contribution in [0.5, 0.6) is 0 Å². The van der Waals surface area contributed by atoms with E-state index in [4.69, 9.17) is 9.76 Å². The molecule has 1 aromatic carbocycles. The molecule has 0 radical (unpaired) electrons. The number of fused-ring (bicyclic) bond motifs is 1. The summed E-state index contributed by atoms with van der Waals surface area (Å²) < 4.78 is 30.2. The first-order valence-corrected chi connectivity index (χ1v) is 4.95. The van der Waals surface area contributed by atoms with Crippen LogP contribution in [0.25, 0.3) is 11.0 Å². The van der Waals surface area contributed by atoms with Gasteiger partial charge in [-0.15, -0.1) is 5.10 Å². The second kappa shape index (κ2) is 2.66. The van der Waals surface area contributed by atoms with Gasteiger partial charge < -0.3 is 5.21 Å². The first kappa shape index (κ1) is 8.91. The van der Waals surface area contributed by atoms with Crippen LogP contribution in [0, 0.1) is 0 Å². The second-order valence-corrected chi connectivity index (χ2v) is 4.03. The van der Waals surface area contributed by atoms with Gasteiger partial charge in [0.05, 0.1) is 4.90 Å². The fraction of sp³-hybridized carbons (Fsp3) is 0. The highest BCUT2D eigenvalue weighted by molar-refractivity contribution is 7.85. The van der Waals surface area contributed by atoms with E-state index in [-0.39, 0.29) is 10.4 Å². The highest BCUT2D eigenvalue weighted by Crippen LogP contribution is 2.15. The van der Waals surface area contributed by atoms with Crippen LogP contribution in [0.3, 0.4) is 0 Å². The molecule has 14 heavy (non-hydrogen) atoms.